The second kappa shape index (κ2) is 8.03. The smallest absolute Gasteiger partial charge is 0.387 e. The number of hydrogen-bond donors (Lipinski definition) is 1. The molecule has 2 aromatic carbocycles. The summed E-state index contributed by atoms with van der Waals surface area (Å²) >= 11 is 0. The predicted octanol–water partition coefficient (Wildman–Crippen LogP) is 4.45. The number of hydrogen-bond acceptors (Lipinski definition) is 5. The van der Waals surface area contributed by atoms with Crippen molar-refractivity contribution in [3.05, 3.63) is 71.9 Å². The number of rotatable bonds is 6. The van der Waals surface area contributed by atoms with Gasteiger partial charge in [-0.05, 0) is 37.6 Å². The lowest BCUT2D eigenvalue weighted by Gasteiger charge is -2.15. The van der Waals surface area contributed by atoms with Crippen LogP contribution < -0.4 is 4.74 Å². The Kier molecular flexibility index (Phi) is 5.41. The quantitative estimate of drug-likeness (QED) is 0.495. The van der Waals surface area contributed by atoms with Crippen molar-refractivity contribution in [2.24, 2.45) is 7.05 Å². The van der Waals surface area contributed by atoms with Gasteiger partial charge in [-0.1, -0.05) is 24.3 Å². The Morgan fingerprint density at radius 3 is 2.45 bits per heavy atom. The standard InChI is InChI=1S/C23H22F2N4O2/c1-23(2,30)21-26-12-16(13-27-21)14-8-9-18-17(10-14)19(29(3)28-18)11-15-6-4-5-7-20(15)31-22(24)25/h4-10,12-13,22,30H,11H2,1-3H3. The number of nitrogens with zero attached hydrogens (tertiary/aromatic N) is 4. The van der Waals surface area contributed by atoms with Crippen LogP contribution in [0.4, 0.5) is 8.78 Å². The Bertz CT molecular complexity index is 1210. The highest BCUT2D eigenvalue weighted by Crippen LogP contribution is 2.30. The molecule has 2 aromatic heterocycles. The van der Waals surface area contributed by atoms with Crippen molar-refractivity contribution < 1.29 is 18.6 Å². The van der Waals surface area contributed by atoms with Gasteiger partial charge in [-0.2, -0.15) is 13.9 Å². The maximum Gasteiger partial charge on any atom is 0.387 e. The third-order valence-electron chi connectivity index (χ3n) is 5.03. The van der Waals surface area contributed by atoms with Crippen LogP contribution in [0.5, 0.6) is 5.75 Å². The first kappa shape index (κ1) is 20.9. The summed E-state index contributed by atoms with van der Waals surface area (Å²) in [6.45, 7) is 0.375. The molecule has 4 aromatic rings. The van der Waals surface area contributed by atoms with E-state index in [0.29, 0.717) is 17.8 Å². The molecular weight excluding hydrogens is 402 g/mol. The van der Waals surface area contributed by atoms with E-state index in [1.807, 2.05) is 25.2 Å². The Hall–Kier alpha value is -3.39. The summed E-state index contributed by atoms with van der Waals surface area (Å²) in [4.78, 5) is 8.54. The van der Waals surface area contributed by atoms with Crippen molar-refractivity contribution >= 4 is 10.9 Å². The molecule has 0 aliphatic carbocycles. The highest BCUT2D eigenvalue weighted by atomic mass is 19.3. The summed E-state index contributed by atoms with van der Waals surface area (Å²) in [5.74, 6) is 0.494. The Morgan fingerprint density at radius 1 is 1.06 bits per heavy atom. The van der Waals surface area contributed by atoms with Gasteiger partial charge in [0.25, 0.3) is 0 Å². The fraction of sp³-hybridized carbons (Fsp3) is 0.261. The molecule has 4 rings (SSSR count). The first-order valence-corrected chi connectivity index (χ1v) is 9.76. The van der Waals surface area contributed by atoms with Crippen molar-refractivity contribution in [1.29, 1.82) is 0 Å². The molecule has 0 aliphatic heterocycles. The van der Waals surface area contributed by atoms with Gasteiger partial charge < -0.3 is 9.84 Å². The number of aryl methyl sites for hydroxylation is 1. The van der Waals surface area contributed by atoms with Gasteiger partial charge in [-0.3, -0.25) is 4.68 Å². The van der Waals surface area contributed by atoms with Crippen LogP contribution >= 0.6 is 0 Å². The summed E-state index contributed by atoms with van der Waals surface area (Å²) in [5.41, 5.74) is 2.88. The molecule has 8 heteroatoms. The van der Waals surface area contributed by atoms with E-state index < -0.39 is 12.2 Å². The van der Waals surface area contributed by atoms with Crippen LogP contribution in [-0.4, -0.2) is 31.5 Å². The van der Waals surface area contributed by atoms with Crippen LogP contribution in [0.3, 0.4) is 0 Å². The molecule has 0 saturated carbocycles. The molecule has 0 fully saturated rings. The van der Waals surface area contributed by atoms with E-state index in [-0.39, 0.29) is 5.75 Å². The van der Waals surface area contributed by atoms with E-state index in [1.54, 1.807) is 49.1 Å². The molecule has 0 amide bonds. The molecule has 1 N–H and O–H groups in total. The van der Waals surface area contributed by atoms with Crippen molar-refractivity contribution in [1.82, 2.24) is 19.7 Å². The Labute approximate surface area is 178 Å². The van der Waals surface area contributed by atoms with Gasteiger partial charge in [0.15, 0.2) is 5.82 Å². The van der Waals surface area contributed by atoms with Crippen LogP contribution in [0.15, 0.2) is 54.9 Å². The van der Waals surface area contributed by atoms with Crippen LogP contribution in [0, 0.1) is 0 Å². The zero-order chi connectivity index (χ0) is 22.2. The largest absolute Gasteiger partial charge is 0.435 e. The molecular formula is C23H22F2N4O2. The third kappa shape index (κ3) is 4.39. The molecule has 160 valence electrons. The molecule has 0 radical (unpaired) electrons. The number of fused-ring (bicyclic) bond motifs is 1. The predicted molar refractivity (Wildman–Crippen MR) is 113 cm³/mol. The first-order chi connectivity index (χ1) is 14.7. The molecule has 0 saturated heterocycles. The number of para-hydroxylation sites is 1. The van der Waals surface area contributed by atoms with Gasteiger partial charge in [0.2, 0.25) is 0 Å². The summed E-state index contributed by atoms with van der Waals surface area (Å²) in [7, 11) is 1.83. The lowest BCUT2D eigenvalue weighted by molar-refractivity contribution is -0.0504. The molecule has 31 heavy (non-hydrogen) atoms. The van der Waals surface area contributed by atoms with Crippen LogP contribution in [0.1, 0.15) is 30.9 Å². The van der Waals surface area contributed by atoms with E-state index in [4.69, 9.17) is 0 Å². The fourth-order valence-electron chi connectivity index (χ4n) is 3.47. The summed E-state index contributed by atoms with van der Waals surface area (Å²) in [6, 6.07) is 12.6. The van der Waals surface area contributed by atoms with Gasteiger partial charge in [0, 0.05) is 42.4 Å². The number of benzene rings is 2. The lowest BCUT2D eigenvalue weighted by atomic mass is 10.0. The zero-order valence-electron chi connectivity index (χ0n) is 17.4. The van der Waals surface area contributed by atoms with E-state index in [1.165, 1.54) is 6.07 Å². The highest BCUT2D eigenvalue weighted by Gasteiger charge is 2.20. The summed E-state index contributed by atoms with van der Waals surface area (Å²) < 4.78 is 32.0. The van der Waals surface area contributed by atoms with Crippen molar-refractivity contribution in [3.63, 3.8) is 0 Å². The van der Waals surface area contributed by atoms with Crippen molar-refractivity contribution in [2.75, 3.05) is 0 Å². The van der Waals surface area contributed by atoms with E-state index in [0.717, 1.165) is 27.7 Å². The zero-order valence-corrected chi connectivity index (χ0v) is 17.4. The van der Waals surface area contributed by atoms with E-state index in [9.17, 15) is 13.9 Å². The van der Waals surface area contributed by atoms with Gasteiger partial charge in [0.1, 0.15) is 11.4 Å². The maximum atomic E-state index is 12.8. The third-order valence-corrected chi connectivity index (χ3v) is 5.03. The van der Waals surface area contributed by atoms with Gasteiger partial charge in [0.05, 0.1) is 11.2 Å². The Balaban J connectivity index is 1.72. The van der Waals surface area contributed by atoms with Crippen molar-refractivity contribution in [2.45, 2.75) is 32.5 Å². The van der Waals surface area contributed by atoms with Crippen molar-refractivity contribution in [3.8, 4) is 16.9 Å². The fourth-order valence-corrected chi connectivity index (χ4v) is 3.47. The summed E-state index contributed by atoms with van der Waals surface area (Å²) in [6.07, 6.45) is 3.72. The molecule has 6 nitrogen and oxygen atoms in total. The van der Waals surface area contributed by atoms with Gasteiger partial charge in [-0.25, -0.2) is 9.97 Å². The topological polar surface area (TPSA) is 73.1 Å². The minimum atomic E-state index is -2.89. The second-order valence-corrected chi connectivity index (χ2v) is 7.82. The molecule has 0 spiro atoms. The lowest BCUT2D eigenvalue weighted by Crippen LogP contribution is -2.19. The maximum absolute atomic E-state index is 12.8. The van der Waals surface area contributed by atoms with Crippen LogP contribution in [-0.2, 0) is 19.1 Å². The highest BCUT2D eigenvalue weighted by molar-refractivity contribution is 5.87. The molecule has 0 atom stereocenters. The van der Waals surface area contributed by atoms with E-state index >= 15 is 0 Å². The SMILES string of the molecule is Cn1nc2ccc(-c3cnc(C(C)(C)O)nc3)cc2c1Cc1ccccc1OC(F)F. The van der Waals surface area contributed by atoms with Gasteiger partial charge >= 0.3 is 6.61 Å². The van der Waals surface area contributed by atoms with Gasteiger partial charge in [-0.15, -0.1) is 0 Å². The molecule has 2 heterocycles. The monoisotopic (exact) mass is 424 g/mol. The van der Waals surface area contributed by atoms with Crippen LogP contribution in [0.2, 0.25) is 0 Å². The normalized spacial score (nSPS) is 12.0. The number of ether oxygens (including phenoxy) is 1. The Morgan fingerprint density at radius 2 is 1.77 bits per heavy atom. The average molecular weight is 424 g/mol. The second-order valence-electron chi connectivity index (χ2n) is 7.82. The average Bonchev–Trinajstić information content (AvgIpc) is 3.03. The number of aliphatic hydroxyl groups is 1. The minimum absolute atomic E-state index is 0.151. The number of aromatic nitrogens is 4. The number of alkyl halides is 2. The first-order valence-electron chi connectivity index (χ1n) is 9.76. The molecule has 0 unspecified atom stereocenters. The molecule has 0 bridgehead atoms. The summed E-state index contributed by atoms with van der Waals surface area (Å²) in [5, 5.41) is 15.5. The number of halogens is 2. The molecule has 0 aliphatic rings. The van der Waals surface area contributed by atoms with E-state index in [2.05, 4.69) is 19.8 Å². The van der Waals surface area contributed by atoms with Crippen LogP contribution in [0.25, 0.3) is 22.0 Å². The minimum Gasteiger partial charge on any atom is -0.435 e.